The molecule has 0 radical (unpaired) electrons. The van der Waals surface area contributed by atoms with Crippen molar-refractivity contribution in [2.75, 3.05) is 0 Å². The zero-order valence-corrected chi connectivity index (χ0v) is 8.03. The predicted octanol–water partition coefficient (Wildman–Crippen LogP) is -0.00740. The number of rotatable bonds is 0. The largest absolute Gasteiger partial charge is 0.359 e. The van der Waals surface area contributed by atoms with Crippen LogP contribution in [0.15, 0.2) is 12.2 Å². The van der Waals surface area contributed by atoms with E-state index in [4.69, 9.17) is 4.74 Å². The molecular weight excluding hydrogens is 182 g/mol. The standard InChI is InChI=1S/C10H11NO3/c1-9-3-4-10(2,14-9)6-5(9)7(12)11-8(6)13/h3-6H,1-2H3,(H,11,12,13)/t5-,6-,9-,10-/m1/s1. The van der Waals surface area contributed by atoms with E-state index in [0.29, 0.717) is 0 Å². The number of hydrogen-bond acceptors (Lipinski definition) is 3. The van der Waals surface area contributed by atoms with Crippen LogP contribution < -0.4 is 5.32 Å². The molecule has 74 valence electrons. The highest BCUT2D eigenvalue weighted by atomic mass is 16.5. The lowest BCUT2D eigenvalue weighted by molar-refractivity contribution is -0.132. The first-order valence-corrected chi connectivity index (χ1v) is 4.72. The quantitative estimate of drug-likeness (QED) is 0.435. The van der Waals surface area contributed by atoms with Gasteiger partial charge in [0.15, 0.2) is 0 Å². The molecule has 2 bridgehead atoms. The van der Waals surface area contributed by atoms with Crippen molar-refractivity contribution in [1.82, 2.24) is 5.32 Å². The second kappa shape index (κ2) is 1.93. The fourth-order valence-corrected chi connectivity index (χ4v) is 2.97. The SMILES string of the molecule is C[C@]12C=C[C@@](C)(O1)[C@H]1C(=O)NC(=O)[C@@H]12. The Hall–Kier alpha value is -1.16. The summed E-state index contributed by atoms with van der Waals surface area (Å²) in [5.74, 6) is -1.08. The highest BCUT2D eigenvalue weighted by molar-refractivity contribution is 6.07. The topological polar surface area (TPSA) is 55.4 Å². The lowest BCUT2D eigenvalue weighted by Gasteiger charge is -2.22. The van der Waals surface area contributed by atoms with Gasteiger partial charge in [-0.15, -0.1) is 0 Å². The molecule has 4 atom stereocenters. The lowest BCUT2D eigenvalue weighted by Crippen LogP contribution is -2.36. The van der Waals surface area contributed by atoms with Gasteiger partial charge >= 0.3 is 0 Å². The van der Waals surface area contributed by atoms with Crippen molar-refractivity contribution in [3.05, 3.63) is 12.2 Å². The summed E-state index contributed by atoms with van der Waals surface area (Å²) >= 11 is 0. The zero-order chi connectivity index (χ0) is 10.1. The minimum atomic E-state index is -0.588. The maximum absolute atomic E-state index is 11.6. The van der Waals surface area contributed by atoms with E-state index in [1.165, 1.54) is 0 Å². The van der Waals surface area contributed by atoms with Gasteiger partial charge in [-0.2, -0.15) is 0 Å². The van der Waals surface area contributed by atoms with E-state index < -0.39 is 11.2 Å². The van der Waals surface area contributed by atoms with Crippen LogP contribution in [-0.2, 0) is 14.3 Å². The molecule has 3 rings (SSSR count). The molecule has 3 aliphatic rings. The highest BCUT2D eigenvalue weighted by Crippen LogP contribution is 2.55. The second-order valence-corrected chi connectivity index (χ2v) is 4.61. The molecule has 0 aromatic heterocycles. The van der Waals surface area contributed by atoms with E-state index in [1.807, 2.05) is 26.0 Å². The number of hydrogen-bond donors (Lipinski definition) is 1. The summed E-state index contributed by atoms with van der Waals surface area (Å²) in [7, 11) is 0. The molecule has 3 heterocycles. The maximum Gasteiger partial charge on any atom is 0.233 e. The molecule has 4 heteroatoms. The van der Waals surface area contributed by atoms with Gasteiger partial charge in [-0.3, -0.25) is 14.9 Å². The van der Waals surface area contributed by atoms with Crippen LogP contribution in [0, 0.1) is 11.8 Å². The fraction of sp³-hybridized carbons (Fsp3) is 0.600. The minimum absolute atomic E-state index is 0.199. The Morgan fingerprint density at radius 3 is 2.00 bits per heavy atom. The van der Waals surface area contributed by atoms with Crippen LogP contribution in [0.5, 0.6) is 0 Å². The molecule has 0 aromatic rings. The van der Waals surface area contributed by atoms with Crippen molar-refractivity contribution in [1.29, 1.82) is 0 Å². The van der Waals surface area contributed by atoms with Crippen LogP contribution in [0.25, 0.3) is 0 Å². The summed E-state index contributed by atoms with van der Waals surface area (Å²) in [6.45, 7) is 3.72. The lowest BCUT2D eigenvalue weighted by atomic mass is 9.73. The van der Waals surface area contributed by atoms with Crippen LogP contribution in [0.2, 0.25) is 0 Å². The number of carbonyl (C=O) groups excluding carboxylic acids is 2. The van der Waals surface area contributed by atoms with Crippen molar-refractivity contribution in [3.63, 3.8) is 0 Å². The Bertz CT molecular complexity index is 355. The van der Waals surface area contributed by atoms with E-state index in [-0.39, 0.29) is 23.7 Å². The van der Waals surface area contributed by atoms with E-state index in [1.54, 1.807) is 0 Å². The van der Waals surface area contributed by atoms with Crippen molar-refractivity contribution < 1.29 is 14.3 Å². The van der Waals surface area contributed by atoms with Crippen molar-refractivity contribution in [2.24, 2.45) is 11.8 Å². The first-order valence-electron chi connectivity index (χ1n) is 4.72. The molecular formula is C10H11NO3. The molecule has 2 saturated heterocycles. The molecule has 0 saturated carbocycles. The minimum Gasteiger partial charge on any atom is -0.359 e. The van der Waals surface area contributed by atoms with Gasteiger partial charge in [0.05, 0.1) is 23.0 Å². The van der Waals surface area contributed by atoms with E-state index >= 15 is 0 Å². The van der Waals surface area contributed by atoms with Gasteiger partial charge in [0.1, 0.15) is 0 Å². The van der Waals surface area contributed by atoms with Crippen LogP contribution in [-0.4, -0.2) is 23.0 Å². The third kappa shape index (κ3) is 0.661. The molecule has 0 aliphatic carbocycles. The predicted molar refractivity (Wildman–Crippen MR) is 47.2 cm³/mol. The van der Waals surface area contributed by atoms with Crippen LogP contribution in [0.3, 0.4) is 0 Å². The molecule has 14 heavy (non-hydrogen) atoms. The number of ether oxygens (including phenoxy) is 1. The number of fused-ring (bicyclic) bond motifs is 5. The van der Waals surface area contributed by atoms with Gasteiger partial charge in [0, 0.05) is 0 Å². The first kappa shape index (κ1) is 8.17. The molecule has 0 spiro atoms. The Labute approximate surface area is 81.3 Å². The Kier molecular flexibility index (Phi) is 1.13. The number of imide groups is 1. The normalized spacial score (nSPS) is 53.9. The van der Waals surface area contributed by atoms with E-state index in [2.05, 4.69) is 5.32 Å². The molecule has 2 amide bonds. The van der Waals surface area contributed by atoms with Gasteiger partial charge < -0.3 is 4.74 Å². The third-order valence-corrected chi connectivity index (χ3v) is 3.56. The van der Waals surface area contributed by atoms with Gasteiger partial charge in [0.25, 0.3) is 0 Å². The second-order valence-electron chi connectivity index (χ2n) is 4.61. The molecule has 1 N–H and O–H groups in total. The molecule has 3 aliphatic heterocycles. The maximum atomic E-state index is 11.6. The molecule has 2 fully saturated rings. The molecule has 0 unspecified atom stereocenters. The fourth-order valence-electron chi connectivity index (χ4n) is 2.97. The van der Waals surface area contributed by atoms with Crippen LogP contribution in [0.4, 0.5) is 0 Å². The number of amides is 2. The molecule has 0 aromatic carbocycles. The summed E-state index contributed by atoms with van der Waals surface area (Å²) < 4.78 is 5.76. The van der Waals surface area contributed by atoms with Crippen molar-refractivity contribution in [2.45, 2.75) is 25.0 Å². The average Bonchev–Trinajstić information content (AvgIpc) is 2.60. The number of nitrogens with one attached hydrogen (secondary N) is 1. The summed E-state index contributed by atoms with van der Waals surface area (Å²) in [5, 5.41) is 2.37. The zero-order valence-electron chi connectivity index (χ0n) is 8.03. The summed E-state index contributed by atoms with van der Waals surface area (Å²) in [6.07, 6.45) is 3.79. The third-order valence-electron chi connectivity index (χ3n) is 3.56. The first-order chi connectivity index (χ1) is 6.46. The summed E-state index contributed by atoms with van der Waals surface area (Å²) in [5.41, 5.74) is -1.18. The highest BCUT2D eigenvalue weighted by Gasteiger charge is 2.68. The van der Waals surface area contributed by atoms with Crippen LogP contribution >= 0.6 is 0 Å². The van der Waals surface area contributed by atoms with Gasteiger partial charge in [0.2, 0.25) is 11.8 Å². The van der Waals surface area contributed by atoms with Crippen molar-refractivity contribution in [3.8, 4) is 0 Å². The summed E-state index contributed by atoms with van der Waals surface area (Å²) in [6, 6.07) is 0. The van der Waals surface area contributed by atoms with E-state index in [9.17, 15) is 9.59 Å². The van der Waals surface area contributed by atoms with Gasteiger partial charge in [-0.1, -0.05) is 12.2 Å². The number of carbonyl (C=O) groups is 2. The van der Waals surface area contributed by atoms with Gasteiger partial charge in [-0.25, -0.2) is 0 Å². The molecule has 4 nitrogen and oxygen atoms in total. The monoisotopic (exact) mass is 193 g/mol. The Balaban J connectivity index is 2.18. The Morgan fingerprint density at radius 2 is 1.57 bits per heavy atom. The average molecular weight is 193 g/mol. The summed E-state index contributed by atoms with van der Waals surface area (Å²) in [4.78, 5) is 23.1. The van der Waals surface area contributed by atoms with E-state index in [0.717, 1.165) is 0 Å². The van der Waals surface area contributed by atoms with Gasteiger partial charge in [-0.05, 0) is 13.8 Å². The smallest absolute Gasteiger partial charge is 0.233 e. The van der Waals surface area contributed by atoms with Crippen molar-refractivity contribution >= 4 is 11.8 Å². The Morgan fingerprint density at radius 1 is 1.14 bits per heavy atom. The van der Waals surface area contributed by atoms with Crippen LogP contribution in [0.1, 0.15) is 13.8 Å².